The van der Waals surface area contributed by atoms with Crippen LogP contribution in [0.15, 0.2) is 42.9 Å². The van der Waals surface area contributed by atoms with Crippen LogP contribution in [0.2, 0.25) is 0 Å². The average molecular weight is 656 g/mol. The number of nitrogens with zero attached hydrogens (tertiary/aromatic N) is 8. The zero-order chi connectivity index (χ0) is 33.0. The number of imidazole rings is 1. The number of carbonyl (C=O) groups excluding carboxylic acids is 1. The van der Waals surface area contributed by atoms with Gasteiger partial charge in [-0.1, -0.05) is 0 Å². The van der Waals surface area contributed by atoms with Crippen molar-refractivity contribution in [3.8, 4) is 11.3 Å². The van der Waals surface area contributed by atoms with Crippen molar-refractivity contribution in [2.24, 2.45) is 12.5 Å². The van der Waals surface area contributed by atoms with E-state index >= 15 is 4.39 Å². The van der Waals surface area contributed by atoms with Crippen molar-refractivity contribution in [2.75, 3.05) is 56.5 Å². The minimum atomic E-state index is -0.697. The Morgan fingerprint density at radius 2 is 1.73 bits per heavy atom. The monoisotopic (exact) mass is 655 g/mol. The molecule has 3 aromatic heterocycles. The standard InChI is InChI=1S/C36H46FN9O2/c1-42-22-36(23-42)12-17-45(18-13-36)25-10-15-44(16-11-25)27-5-8-30-31(19-27)46(26-3-6-28(47)7-4-26)35(40-30)41-34(48)29-9-14-38-33(32(29)37)24-20-39-43(2)21-24/h5,8-9,14,19-21,25-26,28,47H,3-4,6-7,10-13,15-18,22-23H2,1-2H3,(H,40,41,48). The van der Waals surface area contributed by atoms with Crippen molar-refractivity contribution < 1.29 is 14.3 Å². The molecule has 11 nitrogen and oxygen atoms in total. The van der Waals surface area contributed by atoms with Crippen LogP contribution in [0.3, 0.4) is 0 Å². The number of pyridine rings is 1. The summed E-state index contributed by atoms with van der Waals surface area (Å²) < 4.78 is 19.3. The van der Waals surface area contributed by atoms with E-state index in [9.17, 15) is 9.90 Å². The predicted molar refractivity (Wildman–Crippen MR) is 184 cm³/mol. The lowest BCUT2D eigenvalue weighted by Gasteiger charge is -2.54. The number of anilines is 2. The van der Waals surface area contributed by atoms with Gasteiger partial charge in [0.15, 0.2) is 5.82 Å². The van der Waals surface area contributed by atoms with Crippen molar-refractivity contribution in [1.29, 1.82) is 0 Å². The van der Waals surface area contributed by atoms with Crippen LogP contribution in [0.5, 0.6) is 0 Å². The van der Waals surface area contributed by atoms with Gasteiger partial charge in [-0.3, -0.25) is 19.8 Å². The number of fused-ring (bicyclic) bond motifs is 1. The molecule has 1 saturated carbocycles. The molecule has 12 heteroatoms. The largest absolute Gasteiger partial charge is 0.393 e. The van der Waals surface area contributed by atoms with Gasteiger partial charge in [0.25, 0.3) is 5.91 Å². The molecule has 4 fully saturated rings. The van der Waals surface area contributed by atoms with Gasteiger partial charge in [-0.25, -0.2) is 9.37 Å². The Kier molecular flexibility index (Phi) is 8.20. The van der Waals surface area contributed by atoms with Gasteiger partial charge in [-0.05, 0) is 101 Å². The van der Waals surface area contributed by atoms with E-state index in [0.29, 0.717) is 35.8 Å². The van der Waals surface area contributed by atoms with E-state index in [0.717, 1.165) is 55.5 Å². The second kappa shape index (κ2) is 12.5. The summed E-state index contributed by atoms with van der Waals surface area (Å²) in [6, 6.07) is 8.47. The number of aromatic nitrogens is 5. The number of carbonyl (C=O) groups is 1. The van der Waals surface area contributed by atoms with Gasteiger partial charge < -0.3 is 24.4 Å². The Labute approximate surface area is 280 Å². The summed E-state index contributed by atoms with van der Waals surface area (Å²) in [4.78, 5) is 30.3. The van der Waals surface area contributed by atoms with E-state index < -0.39 is 11.7 Å². The summed E-state index contributed by atoms with van der Waals surface area (Å²) in [7, 11) is 3.98. The van der Waals surface area contributed by atoms with Crippen molar-refractivity contribution in [1.82, 2.24) is 34.1 Å². The van der Waals surface area contributed by atoms with E-state index in [1.165, 1.54) is 57.5 Å². The summed E-state index contributed by atoms with van der Waals surface area (Å²) in [5.74, 6) is -0.883. The van der Waals surface area contributed by atoms with Crippen LogP contribution >= 0.6 is 0 Å². The number of benzene rings is 1. The number of rotatable bonds is 6. The Morgan fingerprint density at radius 3 is 2.42 bits per heavy atom. The Hall–Kier alpha value is -3.87. The quantitative estimate of drug-likeness (QED) is 0.308. The van der Waals surface area contributed by atoms with Crippen LogP contribution < -0.4 is 10.2 Å². The normalized spacial score (nSPS) is 23.9. The number of piperidine rings is 2. The number of likely N-dealkylation sites (tertiary alicyclic amines) is 2. The zero-order valence-electron chi connectivity index (χ0n) is 28.0. The highest BCUT2D eigenvalue weighted by molar-refractivity contribution is 6.05. The fourth-order valence-corrected chi connectivity index (χ4v) is 8.85. The maximum atomic E-state index is 15.7. The first-order chi connectivity index (χ1) is 23.2. The van der Waals surface area contributed by atoms with E-state index in [-0.39, 0.29) is 23.4 Å². The van der Waals surface area contributed by atoms with Gasteiger partial charge in [-0.15, -0.1) is 0 Å². The molecule has 48 heavy (non-hydrogen) atoms. The van der Waals surface area contributed by atoms with Gasteiger partial charge in [0.05, 0.1) is 28.9 Å². The fraction of sp³-hybridized carbons (Fsp3) is 0.556. The maximum Gasteiger partial charge on any atom is 0.261 e. The molecule has 0 unspecified atom stereocenters. The molecule has 4 aliphatic rings. The SMILES string of the molecule is CN1CC2(CCN(C3CCN(c4ccc5nc(NC(=O)c6ccnc(-c7cnn(C)c7)c6F)n(C6CCC(O)CC6)c5c4)CC3)CC2)C1. The number of aliphatic hydroxyl groups excluding tert-OH is 1. The lowest BCUT2D eigenvalue weighted by molar-refractivity contribution is -0.0419. The first-order valence-corrected chi connectivity index (χ1v) is 17.6. The zero-order valence-corrected chi connectivity index (χ0v) is 28.0. The number of aryl methyl sites for hydroxylation is 1. The van der Waals surface area contributed by atoms with E-state index in [1.54, 1.807) is 17.9 Å². The molecule has 3 aliphatic heterocycles. The summed E-state index contributed by atoms with van der Waals surface area (Å²) in [6.45, 7) is 6.99. The molecule has 1 spiro atoms. The molecule has 1 aliphatic carbocycles. The summed E-state index contributed by atoms with van der Waals surface area (Å²) in [5, 5.41) is 17.3. The second-order valence-electron chi connectivity index (χ2n) is 14.7. The molecule has 0 bridgehead atoms. The highest BCUT2D eigenvalue weighted by Crippen LogP contribution is 2.41. The molecular weight excluding hydrogens is 609 g/mol. The Balaban J connectivity index is 1.02. The van der Waals surface area contributed by atoms with E-state index in [4.69, 9.17) is 4.98 Å². The smallest absolute Gasteiger partial charge is 0.261 e. The number of aliphatic hydroxyl groups is 1. The van der Waals surface area contributed by atoms with Crippen LogP contribution in [0.1, 0.15) is 67.8 Å². The first-order valence-electron chi connectivity index (χ1n) is 17.6. The third kappa shape index (κ3) is 5.88. The minimum Gasteiger partial charge on any atom is -0.393 e. The van der Waals surface area contributed by atoms with Gasteiger partial charge in [-0.2, -0.15) is 5.10 Å². The van der Waals surface area contributed by atoms with Gasteiger partial charge in [0.2, 0.25) is 5.95 Å². The fourth-order valence-electron chi connectivity index (χ4n) is 8.85. The van der Waals surface area contributed by atoms with Crippen molar-refractivity contribution >= 4 is 28.6 Å². The molecular formula is C36H46FN9O2. The third-order valence-electron chi connectivity index (χ3n) is 11.5. The van der Waals surface area contributed by atoms with Gasteiger partial charge >= 0.3 is 0 Å². The number of hydrogen-bond acceptors (Lipinski definition) is 8. The maximum absolute atomic E-state index is 15.7. The average Bonchev–Trinajstić information content (AvgIpc) is 3.67. The molecule has 2 N–H and O–H groups in total. The third-order valence-corrected chi connectivity index (χ3v) is 11.5. The number of hydrogen-bond donors (Lipinski definition) is 2. The van der Waals surface area contributed by atoms with Crippen LogP contribution in [-0.2, 0) is 7.05 Å². The molecule has 6 heterocycles. The second-order valence-corrected chi connectivity index (χ2v) is 14.7. The van der Waals surface area contributed by atoms with Crippen LogP contribution in [-0.4, -0.2) is 104 Å². The van der Waals surface area contributed by atoms with Crippen LogP contribution in [0.25, 0.3) is 22.3 Å². The van der Waals surface area contributed by atoms with Gasteiger partial charge in [0, 0.05) is 69.0 Å². The molecule has 0 atom stereocenters. The highest BCUT2D eigenvalue weighted by atomic mass is 19.1. The molecule has 8 rings (SSSR count). The summed E-state index contributed by atoms with van der Waals surface area (Å²) in [6.07, 6.45) is 12.2. The molecule has 1 amide bonds. The minimum absolute atomic E-state index is 0.0563. The summed E-state index contributed by atoms with van der Waals surface area (Å²) in [5.41, 5.74) is 3.94. The van der Waals surface area contributed by atoms with Crippen molar-refractivity contribution in [3.05, 3.63) is 54.2 Å². The predicted octanol–water partition coefficient (Wildman–Crippen LogP) is 4.70. The van der Waals surface area contributed by atoms with Gasteiger partial charge in [0.1, 0.15) is 5.69 Å². The molecule has 254 valence electrons. The Morgan fingerprint density at radius 1 is 0.979 bits per heavy atom. The number of nitrogens with one attached hydrogen (secondary N) is 1. The molecule has 0 radical (unpaired) electrons. The topological polar surface area (TPSA) is 108 Å². The molecule has 1 aromatic carbocycles. The van der Waals surface area contributed by atoms with E-state index in [1.807, 2.05) is 6.07 Å². The van der Waals surface area contributed by atoms with Crippen LogP contribution in [0, 0.1) is 11.2 Å². The molecule has 3 saturated heterocycles. The lowest BCUT2D eigenvalue weighted by atomic mass is 9.72. The highest BCUT2D eigenvalue weighted by Gasteiger charge is 2.44. The van der Waals surface area contributed by atoms with Crippen molar-refractivity contribution in [3.63, 3.8) is 0 Å². The summed E-state index contributed by atoms with van der Waals surface area (Å²) >= 11 is 0. The first kappa shape index (κ1) is 31.4. The number of amides is 1. The van der Waals surface area contributed by atoms with Crippen molar-refractivity contribution in [2.45, 2.75) is 69.6 Å². The van der Waals surface area contributed by atoms with Crippen LogP contribution in [0.4, 0.5) is 16.0 Å². The van der Waals surface area contributed by atoms with E-state index in [2.05, 4.69) is 53.8 Å². The number of halogens is 1. The molecule has 4 aromatic rings. The lowest BCUT2D eigenvalue weighted by Crippen LogP contribution is -2.60. The Bertz CT molecular complexity index is 1790.